The molecule has 4 aromatic rings. The number of nitrogens with zero attached hydrogens (tertiary/aromatic N) is 3. The number of nitrogens with one attached hydrogen (secondary N) is 2. The number of hydrogen-bond donors (Lipinski definition) is 2. The summed E-state index contributed by atoms with van der Waals surface area (Å²) in [6.45, 7) is 0. The van der Waals surface area contributed by atoms with Crippen LogP contribution < -0.4 is 25.1 Å². The lowest BCUT2D eigenvalue weighted by Gasteiger charge is -2.15. The molecule has 0 fully saturated rings. The molecule has 182 valence electrons. The first kappa shape index (κ1) is 24.7. The van der Waals surface area contributed by atoms with Gasteiger partial charge >= 0.3 is 0 Å². The van der Waals surface area contributed by atoms with E-state index in [1.165, 1.54) is 38.2 Å². The van der Waals surface area contributed by atoms with Crippen LogP contribution in [-0.4, -0.2) is 52.7 Å². The van der Waals surface area contributed by atoms with E-state index < -0.39 is 0 Å². The number of thioether (sulfide) groups is 1. The van der Waals surface area contributed by atoms with Crippen LogP contribution in [0.2, 0.25) is 10.0 Å². The first-order chi connectivity index (χ1) is 16.9. The van der Waals surface area contributed by atoms with Crippen molar-refractivity contribution >= 4 is 57.6 Å². The molecule has 0 aliphatic rings. The number of hydrogen-bond acceptors (Lipinski definition) is 8. The van der Waals surface area contributed by atoms with Gasteiger partial charge in [0.1, 0.15) is 5.39 Å². The topological polar surface area (TPSA) is 120 Å². The summed E-state index contributed by atoms with van der Waals surface area (Å²) in [6, 6.07) is 7.97. The number of fused-ring (bicyclic) bond motifs is 1. The summed E-state index contributed by atoms with van der Waals surface area (Å²) >= 11 is 13.4. The van der Waals surface area contributed by atoms with Gasteiger partial charge in [-0.05, 0) is 18.2 Å². The zero-order chi connectivity index (χ0) is 25.1. The summed E-state index contributed by atoms with van der Waals surface area (Å²) in [5.74, 6) is 0.786. The van der Waals surface area contributed by atoms with E-state index in [-0.39, 0.29) is 32.8 Å². The highest BCUT2D eigenvalue weighted by Crippen LogP contribution is 2.40. The highest BCUT2D eigenvalue weighted by Gasteiger charge is 2.19. The number of anilines is 1. The number of methoxy groups -OCH3 is 3. The lowest BCUT2D eigenvalue weighted by Crippen LogP contribution is -2.23. The number of H-pyrrole nitrogens is 1. The van der Waals surface area contributed by atoms with Crippen molar-refractivity contribution in [2.75, 3.05) is 32.4 Å². The van der Waals surface area contributed by atoms with Crippen molar-refractivity contribution in [3.8, 4) is 22.9 Å². The van der Waals surface area contributed by atoms with Gasteiger partial charge in [0.2, 0.25) is 11.7 Å². The van der Waals surface area contributed by atoms with Gasteiger partial charge in [-0.25, -0.2) is 4.98 Å². The van der Waals surface area contributed by atoms with E-state index in [1.807, 2.05) is 0 Å². The van der Waals surface area contributed by atoms with Crippen LogP contribution in [0.15, 0.2) is 46.5 Å². The smallest absolute Gasteiger partial charge is 0.269 e. The van der Waals surface area contributed by atoms with Crippen LogP contribution in [0.1, 0.15) is 0 Å². The molecule has 4 rings (SSSR count). The second-order valence-electron chi connectivity index (χ2n) is 7.01. The predicted molar refractivity (Wildman–Crippen MR) is 135 cm³/mol. The largest absolute Gasteiger partial charge is 0.493 e. The summed E-state index contributed by atoms with van der Waals surface area (Å²) in [4.78, 5) is 30.4. The number of amides is 1. The number of rotatable bonds is 8. The Labute approximate surface area is 213 Å². The fraction of sp³-hybridized carbons (Fsp3) is 0.182. The van der Waals surface area contributed by atoms with Crippen molar-refractivity contribution in [1.82, 2.24) is 19.7 Å². The summed E-state index contributed by atoms with van der Waals surface area (Å²) in [5.41, 5.74) is 0.730. The van der Waals surface area contributed by atoms with E-state index in [2.05, 4.69) is 20.5 Å². The Morgan fingerprint density at radius 2 is 1.83 bits per heavy atom. The molecule has 2 aromatic heterocycles. The van der Waals surface area contributed by atoms with Crippen LogP contribution in [0, 0.1) is 0 Å². The number of carbonyl (C=O) groups is 1. The molecule has 0 spiro atoms. The van der Waals surface area contributed by atoms with Crippen molar-refractivity contribution in [3.63, 3.8) is 0 Å². The number of benzene rings is 2. The van der Waals surface area contributed by atoms with Crippen LogP contribution in [0.4, 0.5) is 5.69 Å². The van der Waals surface area contributed by atoms with Gasteiger partial charge in [0.15, 0.2) is 22.3 Å². The average molecular weight is 536 g/mol. The standard InChI is InChI=1S/C22H19Cl2N5O5S/c1-32-16-7-12(8-17(33-2)19(16)34-3)26-18(30)10-35-22-27-20-13(9-25-28-20)21(31)29(22)15-5-4-11(23)6-14(15)24/h4-9H,10H2,1-3H3,(H,25,28)(H,26,30). The Morgan fingerprint density at radius 1 is 1.11 bits per heavy atom. The van der Waals surface area contributed by atoms with Gasteiger partial charge in [0.05, 0.1) is 44.0 Å². The second kappa shape index (κ2) is 10.5. The second-order valence-corrected chi connectivity index (χ2v) is 8.80. The summed E-state index contributed by atoms with van der Waals surface area (Å²) in [7, 11) is 4.46. The molecule has 0 saturated heterocycles. The Kier molecular flexibility index (Phi) is 7.39. The molecule has 2 N–H and O–H groups in total. The van der Waals surface area contributed by atoms with Crippen LogP contribution in [0.25, 0.3) is 16.7 Å². The monoisotopic (exact) mass is 535 g/mol. The molecule has 0 atom stereocenters. The number of aromatic nitrogens is 4. The van der Waals surface area contributed by atoms with Crippen molar-refractivity contribution in [2.24, 2.45) is 0 Å². The number of ether oxygens (including phenoxy) is 3. The molecular weight excluding hydrogens is 517 g/mol. The Balaban J connectivity index is 1.63. The maximum atomic E-state index is 13.2. The first-order valence-corrected chi connectivity index (χ1v) is 11.7. The molecule has 13 heteroatoms. The molecule has 0 unspecified atom stereocenters. The van der Waals surface area contributed by atoms with Gasteiger partial charge in [-0.1, -0.05) is 35.0 Å². The highest BCUT2D eigenvalue weighted by molar-refractivity contribution is 7.99. The Morgan fingerprint density at radius 3 is 2.46 bits per heavy atom. The minimum atomic E-state index is -0.388. The quantitative estimate of drug-likeness (QED) is 0.254. The first-order valence-electron chi connectivity index (χ1n) is 10.0. The molecule has 0 saturated carbocycles. The van der Waals surface area contributed by atoms with Crippen molar-refractivity contribution in [1.29, 1.82) is 0 Å². The van der Waals surface area contributed by atoms with Gasteiger partial charge in [-0.2, -0.15) is 5.10 Å². The van der Waals surface area contributed by atoms with E-state index in [4.69, 9.17) is 37.4 Å². The van der Waals surface area contributed by atoms with Crippen molar-refractivity contribution < 1.29 is 19.0 Å². The number of carbonyl (C=O) groups excluding carboxylic acids is 1. The third-order valence-electron chi connectivity index (χ3n) is 4.88. The molecule has 1 amide bonds. The number of aromatic amines is 1. The third-order valence-corrected chi connectivity index (χ3v) is 6.36. The van der Waals surface area contributed by atoms with Crippen LogP contribution >= 0.6 is 35.0 Å². The van der Waals surface area contributed by atoms with Gasteiger partial charge in [-0.15, -0.1) is 0 Å². The van der Waals surface area contributed by atoms with E-state index in [0.717, 1.165) is 11.8 Å². The third kappa shape index (κ3) is 5.02. The molecule has 0 radical (unpaired) electrons. The molecular formula is C22H19Cl2N5O5S. The molecule has 2 aromatic carbocycles. The zero-order valence-corrected chi connectivity index (χ0v) is 21.0. The Hall–Kier alpha value is -3.41. The van der Waals surface area contributed by atoms with Gasteiger partial charge < -0.3 is 19.5 Å². The molecule has 2 heterocycles. The molecule has 0 aliphatic carbocycles. The lowest BCUT2D eigenvalue weighted by molar-refractivity contribution is -0.113. The minimum Gasteiger partial charge on any atom is -0.493 e. The molecule has 10 nitrogen and oxygen atoms in total. The summed E-state index contributed by atoms with van der Waals surface area (Å²) in [6.07, 6.45) is 1.39. The minimum absolute atomic E-state index is 0.0616. The predicted octanol–water partition coefficient (Wildman–Crippen LogP) is 4.17. The van der Waals surface area contributed by atoms with Crippen molar-refractivity contribution in [3.05, 3.63) is 56.9 Å². The van der Waals surface area contributed by atoms with E-state index in [0.29, 0.717) is 39.3 Å². The van der Waals surface area contributed by atoms with Crippen LogP contribution in [0.5, 0.6) is 17.2 Å². The van der Waals surface area contributed by atoms with Gasteiger partial charge in [0, 0.05) is 22.8 Å². The van der Waals surface area contributed by atoms with E-state index in [1.54, 1.807) is 24.3 Å². The fourth-order valence-corrected chi connectivity index (χ4v) is 4.62. The van der Waals surface area contributed by atoms with Gasteiger partial charge in [-0.3, -0.25) is 19.3 Å². The summed E-state index contributed by atoms with van der Waals surface area (Å²) in [5, 5.41) is 10.6. The molecule has 0 bridgehead atoms. The van der Waals surface area contributed by atoms with Gasteiger partial charge in [0.25, 0.3) is 5.56 Å². The SMILES string of the molecule is COc1cc(NC(=O)CSc2nc3[nH]ncc3c(=O)n2-c2ccc(Cl)cc2Cl)cc(OC)c1OC. The Bertz CT molecular complexity index is 1450. The van der Waals surface area contributed by atoms with E-state index >= 15 is 0 Å². The van der Waals surface area contributed by atoms with Crippen molar-refractivity contribution in [2.45, 2.75) is 5.16 Å². The number of halogens is 2. The van der Waals surface area contributed by atoms with Crippen LogP contribution in [0.3, 0.4) is 0 Å². The lowest BCUT2D eigenvalue weighted by atomic mass is 10.2. The molecule has 0 aliphatic heterocycles. The zero-order valence-electron chi connectivity index (χ0n) is 18.7. The summed E-state index contributed by atoms with van der Waals surface area (Å²) < 4.78 is 17.3. The maximum absolute atomic E-state index is 13.2. The molecule has 35 heavy (non-hydrogen) atoms. The van der Waals surface area contributed by atoms with Crippen LogP contribution in [-0.2, 0) is 4.79 Å². The highest BCUT2D eigenvalue weighted by atomic mass is 35.5. The fourth-order valence-electron chi connectivity index (χ4n) is 3.33. The van der Waals surface area contributed by atoms with E-state index in [9.17, 15) is 9.59 Å². The normalized spacial score (nSPS) is 10.9. The average Bonchev–Trinajstić information content (AvgIpc) is 3.32. The maximum Gasteiger partial charge on any atom is 0.269 e.